The summed E-state index contributed by atoms with van der Waals surface area (Å²) in [6, 6.07) is 16.1. The number of anilines is 1. The molecule has 6 nitrogen and oxygen atoms in total. The molecule has 0 radical (unpaired) electrons. The van der Waals surface area contributed by atoms with Crippen molar-refractivity contribution in [2.75, 3.05) is 18.5 Å². The van der Waals surface area contributed by atoms with E-state index in [1.165, 1.54) is 0 Å². The largest absolute Gasteiger partial charge is 0.368 e. The molecule has 3 aromatic rings. The van der Waals surface area contributed by atoms with Crippen LogP contribution in [0.3, 0.4) is 0 Å². The zero-order valence-corrected chi connectivity index (χ0v) is 17.3. The van der Waals surface area contributed by atoms with Crippen molar-refractivity contribution in [1.29, 1.82) is 0 Å². The first-order valence-corrected chi connectivity index (χ1v) is 11.0. The Labute approximate surface area is 168 Å². The number of halogens is 1. The maximum atomic E-state index is 13.6. The second-order valence-corrected chi connectivity index (χ2v) is 8.62. The highest BCUT2D eigenvalue weighted by Gasteiger charge is 2.39. The molecule has 0 spiro atoms. The minimum Gasteiger partial charge on any atom is -0.368 e. The molecule has 0 aliphatic heterocycles. The smallest absolute Gasteiger partial charge is 0.357 e. The van der Waals surface area contributed by atoms with E-state index in [9.17, 15) is 9.36 Å². The number of hydrogen-bond donors (Lipinski definition) is 2. The van der Waals surface area contributed by atoms with Crippen LogP contribution in [0.2, 0.25) is 5.02 Å². The number of rotatable bonds is 8. The number of hydrogen-bond acceptors (Lipinski definition) is 5. The van der Waals surface area contributed by atoms with E-state index in [0.717, 1.165) is 5.39 Å². The normalized spacial score (nSPS) is 12.8. The molecular weight excluding hydrogens is 399 g/mol. The molecule has 1 heterocycles. The molecule has 1 atom stereocenters. The number of nitrogens with one attached hydrogen (secondary N) is 2. The maximum Gasteiger partial charge on any atom is 0.357 e. The number of aromatic nitrogens is 1. The van der Waals surface area contributed by atoms with Crippen molar-refractivity contribution in [1.82, 2.24) is 4.98 Å². The summed E-state index contributed by atoms with van der Waals surface area (Å²) in [6.45, 7) is 3.81. The first-order valence-electron chi connectivity index (χ1n) is 8.99. The van der Waals surface area contributed by atoms with Gasteiger partial charge < -0.3 is 19.3 Å². The Morgan fingerprint density at radius 3 is 2.46 bits per heavy atom. The van der Waals surface area contributed by atoms with Crippen LogP contribution in [-0.2, 0) is 13.6 Å². The van der Waals surface area contributed by atoms with Gasteiger partial charge in [0.2, 0.25) is 0 Å². The Morgan fingerprint density at radius 1 is 1.07 bits per heavy atom. The fraction of sp³-hybridized carbons (Fsp3) is 0.250. The topological polar surface area (TPSA) is 80.4 Å². The molecule has 3 rings (SSSR count). The van der Waals surface area contributed by atoms with Gasteiger partial charge in [-0.15, -0.1) is 0 Å². The van der Waals surface area contributed by atoms with Crippen LogP contribution < -0.4 is 10.9 Å². The number of H-pyrrole nitrogens is 1. The SMILES string of the molecule is CCOP(=O)(OCC)C(Nc1cccc(Cl)c1)c1cc2ccccc2[nH]c1=O. The van der Waals surface area contributed by atoms with Gasteiger partial charge in [0.15, 0.2) is 5.78 Å². The molecule has 1 unspecified atom stereocenters. The van der Waals surface area contributed by atoms with Crippen molar-refractivity contribution in [2.24, 2.45) is 0 Å². The third-order valence-electron chi connectivity index (χ3n) is 4.14. The minimum atomic E-state index is -3.71. The average molecular weight is 421 g/mol. The highest BCUT2D eigenvalue weighted by Crippen LogP contribution is 2.60. The van der Waals surface area contributed by atoms with Crippen LogP contribution in [0.25, 0.3) is 10.9 Å². The summed E-state index contributed by atoms with van der Waals surface area (Å²) >= 11 is 6.08. The zero-order valence-electron chi connectivity index (χ0n) is 15.6. The van der Waals surface area contributed by atoms with Gasteiger partial charge in [-0.1, -0.05) is 35.9 Å². The molecule has 148 valence electrons. The quantitative estimate of drug-likeness (QED) is 0.466. The van der Waals surface area contributed by atoms with Crippen molar-refractivity contribution in [3.05, 3.63) is 75.5 Å². The van der Waals surface area contributed by atoms with Crippen molar-refractivity contribution >= 4 is 35.8 Å². The lowest BCUT2D eigenvalue weighted by atomic mass is 10.1. The first-order chi connectivity index (χ1) is 13.5. The van der Waals surface area contributed by atoms with Crippen LogP contribution >= 0.6 is 19.2 Å². The van der Waals surface area contributed by atoms with Gasteiger partial charge >= 0.3 is 7.60 Å². The third kappa shape index (κ3) is 4.47. The van der Waals surface area contributed by atoms with Gasteiger partial charge in [-0.05, 0) is 49.6 Å². The van der Waals surface area contributed by atoms with Gasteiger partial charge in [0.05, 0.1) is 18.8 Å². The lowest BCUT2D eigenvalue weighted by Gasteiger charge is -2.28. The van der Waals surface area contributed by atoms with E-state index in [-0.39, 0.29) is 24.3 Å². The Bertz CT molecular complexity index is 1060. The zero-order chi connectivity index (χ0) is 20.1. The van der Waals surface area contributed by atoms with Crippen LogP contribution in [0, 0.1) is 0 Å². The molecule has 2 N–H and O–H groups in total. The summed E-state index contributed by atoms with van der Waals surface area (Å²) in [7, 11) is -3.71. The Kier molecular flexibility index (Phi) is 6.57. The summed E-state index contributed by atoms with van der Waals surface area (Å²) in [4.78, 5) is 15.7. The second kappa shape index (κ2) is 8.93. The van der Waals surface area contributed by atoms with Gasteiger partial charge in [-0.3, -0.25) is 9.36 Å². The molecule has 0 bridgehead atoms. The fourth-order valence-electron chi connectivity index (χ4n) is 2.98. The molecule has 8 heteroatoms. The molecular formula is C20H22ClN2O4P. The van der Waals surface area contributed by atoms with E-state index in [1.807, 2.05) is 24.3 Å². The number of pyridine rings is 1. The number of benzene rings is 2. The summed E-state index contributed by atoms with van der Waals surface area (Å²) in [5.41, 5.74) is 1.20. The lowest BCUT2D eigenvalue weighted by Crippen LogP contribution is -2.23. The minimum absolute atomic E-state index is 0.177. The van der Waals surface area contributed by atoms with Crippen LogP contribution in [0.5, 0.6) is 0 Å². The number of aromatic amines is 1. The maximum absolute atomic E-state index is 13.6. The molecule has 1 aromatic heterocycles. The summed E-state index contributed by atoms with van der Waals surface area (Å²) in [5, 5.41) is 4.46. The lowest BCUT2D eigenvalue weighted by molar-refractivity contribution is 0.214. The third-order valence-corrected chi connectivity index (χ3v) is 6.65. The van der Waals surface area contributed by atoms with Crippen LogP contribution in [0.15, 0.2) is 59.4 Å². The molecule has 0 saturated heterocycles. The van der Waals surface area contributed by atoms with E-state index >= 15 is 0 Å². The summed E-state index contributed by atoms with van der Waals surface area (Å²) in [6.07, 6.45) is 0. The molecule has 2 aromatic carbocycles. The van der Waals surface area contributed by atoms with Crippen molar-refractivity contribution < 1.29 is 13.6 Å². The standard InChI is InChI=1S/C20H22ClN2O4P/c1-3-26-28(25,27-4-2)20(22-16-10-7-9-15(21)13-16)17-12-14-8-5-6-11-18(14)23-19(17)24/h5-13,20,22H,3-4H2,1-2H3,(H,23,24). The van der Waals surface area contributed by atoms with E-state index in [4.69, 9.17) is 20.6 Å². The number of para-hydroxylation sites is 1. The van der Waals surface area contributed by atoms with Gasteiger partial charge in [0.1, 0.15) is 0 Å². The highest BCUT2D eigenvalue weighted by molar-refractivity contribution is 7.54. The molecule has 0 aliphatic rings. The van der Waals surface area contributed by atoms with Crippen molar-refractivity contribution in [3.8, 4) is 0 Å². The monoisotopic (exact) mass is 420 g/mol. The van der Waals surface area contributed by atoms with E-state index in [0.29, 0.717) is 16.2 Å². The van der Waals surface area contributed by atoms with Crippen LogP contribution in [-0.4, -0.2) is 18.2 Å². The molecule has 0 amide bonds. The van der Waals surface area contributed by atoms with Crippen molar-refractivity contribution in [2.45, 2.75) is 19.6 Å². The molecule has 0 aliphatic carbocycles. The Morgan fingerprint density at radius 2 is 1.79 bits per heavy atom. The second-order valence-electron chi connectivity index (χ2n) is 6.07. The predicted molar refractivity (Wildman–Crippen MR) is 113 cm³/mol. The molecule has 28 heavy (non-hydrogen) atoms. The fourth-order valence-corrected chi connectivity index (χ4v) is 5.10. The Hall–Kier alpha value is -2.11. The van der Waals surface area contributed by atoms with E-state index in [1.54, 1.807) is 44.2 Å². The van der Waals surface area contributed by atoms with E-state index < -0.39 is 13.4 Å². The number of fused-ring (bicyclic) bond motifs is 1. The van der Waals surface area contributed by atoms with Gasteiger partial charge in [-0.25, -0.2) is 0 Å². The molecule has 0 saturated carbocycles. The summed E-state index contributed by atoms with van der Waals surface area (Å²) in [5.74, 6) is -1.00. The van der Waals surface area contributed by atoms with Crippen LogP contribution in [0.4, 0.5) is 5.69 Å². The van der Waals surface area contributed by atoms with Crippen LogP contribution in [0.1, 0.15) is 25.2 Å². The predicted octanol–water partition coefficient (Wildman–Crippen LogP) is 5.56. The highest BCUT2D eigenvalue weighted by atomic mass is 35.5. The Balaban J connectivity index is 2.16. The van der Waals surface area contributed by atoms with Gasteiger partial charge in [-0.2, -0.15) is 0 Å². The summed E-state index contributed by atoms with van der Waals surface area (Å²) < 4.78 is 24.7. The average Bonchev–Trinajstić information content (AvgIpc) is 2.66. The van der Waals surface area contributed by atoms with E-state index in [2.05, 4.69) is 10.3 Å². The van der Waals surface area contributed by atoms with Gasteiger partial charge in [0.25, 0.3) is 5.56 Å². The van der Waals surface area contributed by atoms with Crippen molar-refractivity contribution in [3.63, 3.8) is 0 Å². The molecule has 0 fully saturated rings. The first kappa shape index (κ1) is 20.6. The van der Waals surface area contributed by atoms with Gasteiger partial charge in [0, 0.05) is 16.2 Å².